The van der Waals surface area contributed by atoms with Crippen molar-refractivity contribution in [1.29, 1.82) is 0 Å². The van der Waals surface area contributed by atoms with Crippen LogP contribution in [0.2, 0.25) is 0 Å². The second kappa shape index (κ2) is 11.2. The van der Waals surface area contributed by atoms with Crippen molar-refractivity contribution in [3.8, 4) is 0 Å². The minimum Gasteiger partial charge on any atom is -0.444 e. The molecule has 2 fully saturated rings. The number of carbonyl (C=O) groups excluding carboxylic acids is 1. The van der Waals surface area contributed by atoms with Crippen LogP contribution in [0.25, 0.3) is 0 Å². The topological polar surface area (TPSA) is 66.5 Å². The van der Waals surface area contributed by atoms with E-state index in [0.29, 0.717) is 33.0 Å². The minimum absolute atomic E-state index is 0.0398. The highest BCUT2D eigenvalue weighted by atomic mass is 16.7. The van der Waals surface area contributed by atoms with E-state index >= 15 is 0 Å². The Hall–Kier alpha value is -0.890. The van der Waals surface area contributed by atoms with Gasteiger partial charge in [-0.15, -0.1) is 0 Å². The fourth-order valence-corrected chi connectivity index (χ4v) is 3.38. The van der Waals surface area contributed by atoms with Crippen LogP contribution in [0.4, 0.5) is 4.79 Å². The Labute approximate surface area is 163 Å². The summed E-state index contributed by atoms with van der Waals surface area (Å²) in [5.74, 6) is 0. The molecule has 158 valence electrons. The summed E-state index contributed by atoms with van der Waals surface area (Å²) in [6.45, 7) is 11.2. The normalized spacial score (nSPS) is 26.4. The van der Waals surface area contributed by atoms with Crippen molar-refractivity contribution in [2.24, 2.45) is 0 Å². The molecule has 0 aromatic carbocycles. The summed E-state index contributed by atoms with van der Waals surface area (Å²) in [4.78, 5) is 14.2. The van der Waals surface area contributed by atoms with Crippen LogP contribution in [0.15, 0.2) is 0 Å². The van der Waals surface area contributed by atoms with Crippen LogP contribution in [-0.2, 0) is 23.7 Å². The smallest absolute Gasteiger partial charge is 0.410 e. The molecule has 2 saturated heterocycles. The van der Waals surface area contributed by atoms with Crippen molar-refractivity contribution < 1.29 is 28.5 Å². The number of rotatable bonds is 9. The van der Waals surface area contributed by atoms with Crippen LogP contribution >= 0.6 is 0 Å². The van der Waals surface area contributed by atoms with Gasteiger partial charge in [-0.3, -0.25) is 0 Å². The highest BCUT2D eigenvalue weighted by Crippen LogP contribution is 2.25. The van der Waals surface area contributed by atoms with Gasteiger partial charge in [0.1, 0.15) is 5.60 Å². The van der Waals surface area contributed by atoms with Crippen molar-refractivity contribution in [2.75, 3.05) is 39.6 Å². The molecule has 0 aromatic heterocycles. The lowest BCUT2D eigenvalue weighted by Crippen LogP contribution is -2.40. The molecule has 7 nitrogen and oxygen atoms in total. The molecule has 7 heteroatoms. The van der Waals surface area contributed by atoms with E-state index in [-0.39, 0.29) is 24.5 Å². The predicted molar refractivity (Wildman–Crippen MR) is 102 cm³/mol. The van der Waals surface area contributed by atoms with Crippen molar-refractivity contribution in [1.82, 2.24) is 4.90 Å². The first-order chi connectivity index (χ1) is 12.9. The van der Waals surface area contributed by atoms with Gasteiger partial charge in [0.15, 0.2) is 6.29 Å². The molecule has 2 rings (SSSR count). The molecule has 0 N–H and O–H groups in total. The minimum atomic E-state index is -0.479. The van der Waals surface area contributed by atoms with Crippen LogP contribution in [-0.4, -0.2) is 74.6 Å². The third-order valence-corrected chi connectivity index (χ3v) is 4.73. The van der Waals surface area contributed by atoms with Crippen molar-refractivity contribution in [3.63, 3.8) is 0 Å². The Balaban J connectivity index is 1.56. The predicted octanol–water partition coefficient (Wildman–Crippen LogP) is 3.35. The molecule has 1 unspecified atom stereocenters. The number of hydrogen-bond donors (Lipinski definition) is 0. The summed E-state index contributed by atoms with van der Waals surface area (Å²) in [7, 11) is 0. The molecule has 0 radical (unpaired) electrons. The molecule has 2 heterocycles. The van der Waals surface area contributed by atoms with Gasteiger partial charge in [0.2, 0.25) is 0 Å². The quantitative estimate of drug-likeness (QED) is 0.565. The fourth-order valence-electron chi connectivity index (χ4n) is 3.38. The van der Waals surface area contributed by atoms with Gasteiger partial charge in [0, 0.05) is 12.6 Å². The number of carbonyl (C=O) groups is 1. The Morgan fingerprint density at radius 1 is 1.11 bits per heavy atom. The molecule has 2 aliphatic heterocycles. The fraction of sp³-hybridized carbons (Fsp3) is 0.950. The van der Waals surface area contributed by atoms with Gasteiger partial charge in [-0.2, -0.15) is 0 Å². The molecule has 0 saturated carbocycles. The average molecular weight is 388 g/mol. The molecule has 0 aliphatic carbocycles. The summed E-state index contributed by atoms with van der Waals surface area (Å²) < 4.78 is 28.1. The van der Waals surface area contributed by atoms with Crippen LogP contribution < -0.4 is 0 Å². The molecule has 0 aromatic rings. The SMILES string of the molecule is CC[C@@H]1C[C@@H](OCCOCCOC2CCCCO2)CN1C(=O)OC(C)(C)C. The highest BCUT2D eigenvalue weighted by Gasteiger charge is 2.36. The zero-order chi connectivity index (χ0) is 19.7. The van der Waals surface area contributed by atoms with E-state index in [1.807, 2.05) is 20.8 Å². The van der Waals surface area contributed by atoms with Gasteiger partial charge in [-0.25, -0.2) is 4.79 Å². The third kappa shape index (κ3) is 8.34. The van der Waals surface area contributed by atoms with Gasteiger partial charge < -0.3 is 28.6 Å². The Morgan fingerprint density at radius 3 is 2.48 bits per heavy atom. The van der Waals surface area contributed by atoms with E-state index in [0.717, 1.165) is 32.3 Å². The zero-order valence-electron chi connectivity index (χ0n) is 17.4. The molecule has 1 amide bonds. The number of amides is 1. The van der Waals surface area contributed by atoms with Crippen LogP contribution in [0.5, 0.6) is 0 Å². The lowest BCUT2D eigenvalue weighted by atomic mass is 10.1. The number of ether oxygens (including phenoxy) is 5. The van der Waals surface area contributed by atoms with Gasteiger partial charge in [0.25, 0.3) is 0 Å². The number of hydrogen-bond acceptors (Lipinski definition) is 6. The van der Waals surface area contributed by atoms with E-state index in [1.165, 1.54) is 6.42 Å². The van der Waals surface area contributed by atoms with E-state index in [2.05, 4.69) is 6.92 Å². The first kappa shape index (κ1) is 22.4. The Bertz CT molecular complexity index is 433. The van der Waals surface area contributed by atoms with E-state index in [9.17, 15) is 4.79 Å². The third-order valence-electron chi connectivity index (χ3n) is 4.73. The standard InChI is InChI=1S/C20H37NO6/c1-5-16-14-17(15-21(16)19(22)27-20(2,3)4)24-12-10-23-11-13-26-18-8-6-7-9-25-18/h16-18H,5-15H2,1-4H3/t16-,17-,18?/m1/s1. The second-order valence-electron chi connectivity index (χ2n) is 8.20. The van der Waals surface area contributed by atoms with Gasteiger partial charge >= 0.3 is 6.09 Å². The summed E-state index contributed by atoms with van der Waals surface area (Å²) in [5.41, 5.74) is -0.479. The Morgan fingerprint density at radius 2 is 1.85 bits per heavy atom. The van der Waals surface area contributed by atoms with Gasteiger partial charge in [0.05, 0.1) is 39.1 Å². The van der Waals surface area contributed by atoms with Crippen LogP contribution in [0.3, 0.4) is 0 Å². The summed E-state index contributed by atoms with van der Waals surface area (Å²) >= 11 is 0. The maximum atomic E-state index is 12.4. The average Bonchev–Trinajstić information content (AvgIpc) is 3.04. The number of nitrogens with zero attached hydrogens (tertiary/aromatic N) is 1. The van der Waals surface area contributed by atoms with E-state index in [1.54, 1.807) is 4.90 Å². The van der Waals surface area contributed by atoms with E-state index in [4.69, 9.17) is 23.7 Å². The first-order valence-corrected chi connectivity index (χ1v) is 10.3. The maximum absolute atomic E-state index is 12.4. The van der Waals surface area contributed by atoms with Crippen LogP contribution in [0, 0.1) is 0 Å². The molecule has 3 atom stereocenters. The molecular weight excluding hydrogens is 350 g/mol. The van der Waals surface area contributed by atoms with Crippen LogP contribution in [0.1, 0.15) is 59.8 Å². The molecule has 0 spiro atoms. The van der Waals surface area contributed by atoms with E-state index < -0.39 is 5.60 Å². The lowest BCUT2D eigenvalue weighted by molar-refractivity contribution is -0.169. The summed E-state index contributed by atoms with van der Waals surface area (Å²) in [6.07, 6.45) is 4.73. The molecule has 2 aliphatic rings. The summed E-state index contributed by atoms with van der Waals surface area (Å²) in [5, 5.41) is 0. The van der Waals surface area contributed by atoms with Gasteiger partial charge in [-0.1, -0.05) is 6.92 Å². The number of likely N-dealkylation sites (tertiary alicyclic amines) is 1. The lowest BCUT2D eigenvalue weighted by Gasteiger charge is -2.27. The van der Waals surface area contributed by atoms with Crippen molar-refractivity contribution in [2.45, 2.75) is 83.8 Å². The maximum Gasteiger partial charge on any atom is 0.410 e. The van der Waals surface area contributed by atoms with Gasteiger partial charge in [-0.05, 0) is 52.9 Å². The summed E-state index contributed by atoms with van der Waals surface area (Å²) in [6, 6.07) is 0.176. The molecule has 0 bridgehead atoms. The van der Waals surface area contributed by atoms with Crippen molar-refractivity contribution >= 4 is 6.09 Å². The highest BCUT2D eigenvalue weighted by molar-refractivity contribution is 5.69. The molecular formula is C20H37NO6. The molecule has 27 heavy (non-hydrogen) atoms. The first-order valence-electron chi connectivity index (χ1n) is 10.3. The second-order valence-corrected chi connectivity index (χ2v) is 8.20. The Kier molecular flexibility index (Phi) is 9.29. The largest absolute Gasteiger partial charge is 0.444 e. The van der Waals surface area contributed by atoms with Crippen molar-refractivity contribution in [3.05, 3.63) is 0 Å². The monoisotopic (exact) mass is 387 g/mol. The zero-order valence-corrected chi connectivity index (χ0v) is 17.4.